The number of methoxy groups -OCH3 is 1. The molecular weight excluding hydrogens is 879 g/mol. The molecule has 0 radical (unpaired) electrons. The van der Waals surface area contributed by atoms with Crippen LogP contribution < -0.4 is 10.7 Å². The second-order valence-electron chi connectivity index (χ2n) is 19.9. The minimum atomic E-state index is -1.17. The molecule has 8 rings (SSSR count). The van der Waals surface area contributed by atoms with Crippen LogP contribution >= 0.6 is 11.3 Å². The van der Waals surface area contributed by atoms with Crippen molar-refractivity contribution >= 4 is 46.4 Å². The molecule has 2 aliphatic heterocycles. The molecule has 1 unspecified atom stereocenters. The molecule has 1 aliphatic carbocycles. The first-order valence-electron chi connectivity index (χ1n) is 24.1. The quantitative estimate of drug-likeness (QED) is 0.114. The number of nitrogens with zero attached hydrogens (tertiary/aromatic N) is 7. The third-order valence-electron chi connectivity index (χ3n) is 13.8. The maximum atomic E-state index is 14.9. The van der Waals surface area contributed by atoms with Gasteiger partial charge in [0.05, 0.1) is 41.4 Å². The van der Waals surface area contributed by atoms with Gasteiger partial charge in [0.2, 0.25) is 5.91 Å². The number of carbonyl (C=O) groups is 4. The Morgan fingerprint density at radius 2 is 1.88 bits per heavy atom. The van der Waals surface area contributed by atoms with E-state index in [9.17, 15) is 19.2 Å². The number of urea groups is 1. The molecule has 3 aliphatic rings. The smallest absolute Gasteiger partial charge is 0.320 e. The lowest BCUT2D eigenvalue weighted by Gasteiger charge is -2.42. The molecule has 1 saturated carbocycles. The van der Waals surface area contributed by atoms with E-state index < -0.39 is 34.9 Å². The third-order valence-corrected chi connectivity index (χ3v) is 14.6. The van der Waals surface area contributed by atoms with Gasteiger partial charge in [-0.3, -0.25) is 24.6 Å². The highest BCUT2D eigenvalue weighted by Gasteiger charge is 2.43. The summed E-state index contributed by atoms with van der Waals surface area (Å²) in [6.45, 7) is 14.3. The van der Waals surface area contributed by atoms with Crippen LogP contribution in [0.25, 0.3) is 33.4 Å². The van der Waals surface area contributed by atoms with Gasteiger partial charge in [0.1, 0.15) is 23.9 Å². The summed E-state index contributed by atoms with van der Waals surface area (Å²) in [5.74, 6) is -1.11. The predicted molar refractivity (Wildman–Crippen MR) is 264 cm³/mol. The summed E-state index contributed by atoms with van der Waals surface area (Å²) in [5.41, 5.74) is 9.64. The molecule has 1 saturated heterocycles. The number of fused-ring (bicyclic) bond motifs is 6. The normalized spacial score (nSPS) is 20.7. The van der Waals surface area contributed by atoms with Gasteiger partial charge in [0, 0.05) is 92.3 Å². The molecule has 0 spiro atoms. The Kier molecular flexibility index (Phi) is 14.8. The van der Waals surface area contributed by atoms with Gasteiger partial charge < -0.3 is 34.0 Å². The number of benzene rings is 1. The zero-order valence-electron chi connectivity index (χ0n) is 40.8. The van der Waals surface area contributed by atoms with Crippen molar-refractivity contribution in [1.82, 2.24) is 45.1 Å². The van der Waals surface area contributed by atoms with Crippen molar-refractivity contribution < 1.29 is 28.7 Å². The van der Waals surface area contributed by atoms with Crippen molar-refractivity contribution in [2.75, 3.05) is 40.5 Å². The Balaban J connectivity index is 1.15. The molecule has 15 nitrogen and oxygen atoms in total. The van der Waals surface area contributed by atoms with Crippen LogP contribution in [0.15, 0.2) is 66.4 Å². The minimum Gasteiger partial charge on any atom is -0.378 e. The first kappa shape index (κ1) is 48.9. The number of nitrogens with one attached hydrogen (secondary N) is 2. The molecule has 2 N–H and O–H groups in total. The second kappa shape index (κ2) is 20.6. The predicted octanol–water partition coefficient (Wildman–Crippen LogP) is 7.42. The first-order valence-corrected chi connectivity index (χ1v) is 25.0. The van der Waals surface area contributed by atoms with Gasteiger partial charge >= 0.3 is 6.03 Å². The molecule has 6 bridgehead atoms. The number of hydrogen-bond acceptors (Lipinski definition) is 11. The fourth-order valence-corrected chi connectivity index (χ4v) is 10.9. The molecule has 1 aromatic carbocycles. The highest BCUT2D eigenvalue weighted by atomic mass is 32.1. The van der Waals surface area contributed by atoms with Gasteiger partial charge in [-0.2, -0.15) is 0 Å². The summed E-state index contributed by atoms with van der Waals surface area (Å²) < 4.78 is 14.7. The number of hydrogen-bond donors (Lipinski definition) is 2. The fourth-order valence-electron chi connectivity index (χ4n) is 10.0. The van der Waals surface area contributed by atoms with E-state index in [0.29, 0.717) is 50.4 Å². The van der Waals surface area contributed by atoms with E-state index in [1.54, 1.807) is 26.6 Å². The zero-order valence-corrected chi connectivity index (χ0v) is 41.6. The standard InChI is InChI=1S/C52H67N9O6S/c1-9-59-43-16-13-36-26-39(43)40(47(59)38-12-10-21-54-45(38)34(4)66-8)28-51(5,6)31-67-32-52(30-62)20-11-24-61(57-52)49(64)41(27-44-55-42(36)29-68-44)56-48(63)46(33(2)3)58(7)50(65)60(37-14-15-37)25-19-35-17-22-53-23-18-35/h10,12-13,16-18,21-23,26,29-30,33-34,37,41,46,57H,9,11,14-15,19-20,24-25,27-28,31-32H2,1-8H3,(H,56,63)/t34-,41-,46-,52?/m0/s1. The number of ether oxygens (including phenoxy) is 2. The molecule has 4 aromatic heterocycles. The number of rotatable bonds is 13. The molecule has 4 amide bonds. The van der Waals surface area contributed by atoms with Crippen LogP contribution in [0.3, 0.4) is 0 Å². The van der Waals surface area contributed by atoms with Crippen LogP contribution in [-0.4, -0.2) is 123 Å². The first-order chi connectivity index (χ1) is 32.7. The van der Waals surface area contributed by atoms with Crippen LogP contribution in [0.2, 0.25) is 0 Å². The molecule has 5 aromatic rings. The second-order valence-corrected chi connectivity index (χ2v) is 20.9. The monoisotopic (exact) mass is 945 g/mol. The van der Waals surface area contributed by atoms with Gasteiger partial charge in [0.15, 0.2) is 0 Å². The number of likely N-dealkylation sites (N-methyl/N-ethyl adjacent to an activating group) is 1. The average Bonchev–Trinajstić information content (AvgIpc) is 3.99. The molecule has 4 atom stereocenters. The SMILES string of the molecule is CCn1c(-c2cccnc2[C@H](C)OC)c2c3cc(ccc31)-c1csc(n1)C[C@H](NC(=O)[C@H](C(C)C)N(C)C(=O)N(CCc1ccncc1)C1CC1)C(=O)N1CCCC(C=O)(COCC(C)(C)C2)N1. The van der Waals surface area contributed by atoms with Gasteiger partial charge in [-0.1, -0.05) is 33.8 Å². The highest BCUT2D eigenvalue weighted by molar-refractivity contribution is 7.10. The number of carbonyl (C=O) groups excluding carboxylic acids is 4. The summed E-state index contributed by atoms with van der Waals surface area (Å²) in [4.78, 5) is 74.4. The Bertz CT molecular complexity index is 2610. The largest absolute Gasteiger partial charge is 0.378 e. The number of aldehydes is 1. The highest BCUT2D eigenvalue weighted by Crippen LogP contribution is 2.42. The molecule has 16 heteroatoms. The maximum absolute atomic E-state index is 14.9. The third kappa shape index (κ3) is 10.4. The van der Waals surface area contributed by atoms with Crippen LogP contribution in [0.5, 0.6) is 0 Å². The maximum Gasteiger partial charge on any atom is 0.320 e. The Morgan fingerprint density at radius 1 is 1.10 bits per heavy atom. The summed E-state index contributed by atoms with van der Waals surface area (Å²) in [6.07, 6.45) is 10.2. The van der Waals surface area contributed by atoms with Crippen LogP contribution in [-0.2, 0) is 49.7 Å². The molecular formula is C52H67N9O6S. The summed E-state index contributed by atoms with van der Waals surface area (Å²) in [6, 6.07) is 12.4. The average molecular weight is 946 g/mol. The Labute approximate surface area is 404 Å². The van der Waals surface area contributed by atoms with Gasteiger partial charge in [-0.15, -0.1) is 11.3 Å². The zero-order chi connectivity index (χ0) is 48.3. The number of aryl methyl sites for hydroxylation is 1. The van der Waals surface area contributed by atoms with E-state index in [2.05, 4.69) is 65.3 Å². The Hall–Kier alpha value is -5.55. The van der Waals surface area contributed by atoms with E-state index in [-0.39, 0.29) is 37.1 Å². The van der Waals surface area contributed by atoms with Crippen molar-refractivity contribution in [1.29, 1.82) is 0 Å². The van der Waals surface area contributed by atoms with Gasteiger partial charge in [-0.25, -0.2) is 15.2 Å². The van der Waals surface area contributed by atoms with Crippen LogP contribution in [0.4, 0.5) is 4.79 Å². The lowest BCUT2D eigenvalue weighted by Crippen LogP contribution is -2.66. The lowest BCUT2D eigenvalue weighted by molar-refractivity contribution is -0.147. The van der Waals surface area contributed by atoms with Crippen LogP contribution in [0.1, 0.15) is 95.2 Å². The molecule has 2 fully saturated rings. The topological polar surface area (TPSA) is 164 Å². The van der Waals surface area contributed by atoms with Gasteiger partial charge in [0.25, 0.3) is 5.91 Å². The van der Waals surface area contributed by atoms with Crippen molar-refractivity contribution in [2.24, 2.45) is 11.3 Å². The summed E-state index contributed by atoms with van der Waals surface area (Å²) in [7, 11) is 3.38. The molecule has 68 heavy (non-hydrogen) atoms. The number of thiazole rings is 1. The van der Waals surface area contributed by atoms with Crippen LogP contribution in [0, 0.1) is 11.3 Å². The van der Waals surface area contributed by atoms with E-state index in [1.807, 2.05) is 55.4 Å². The lowest BCUT2D eigenvalue weighted by atomic mass is 9.84. The van der Waals surface area contributed by atoms with Crippen molar-refractivity contribution in [3.8, 4) is 22.5 Å². The van der Waals surface area contributed by atoms with E-state index in [1.165, 1.54) is 21.2 Å². The molecule has 362 valence electrons. The number of amides is 4. The van der Waals surface area contributed by atoms with Crippen molar-refractivity contribution in [3.05, 3.63) is 88.3 Å². The minimum absolute atomic E-state index is 0.0450. The van der Waals surface area contributed by atoms with E-state index >= 15 is 0 Å². The number of aromatic nitrogens is 4. The summed E-state index contributed by atoms with van der Waals surface area (Å²) >= 11 is 1.43. The Morgan fingerprint density at radius 3 is 2.59 bits per heavy atom. The van der Waals surface area contributed by atoms with E-state index in [4.69, 9.17) is 19.4 Å². The summed E-state index contributed by atoms with van der Waals surface area (Å²) in [5, 5.41) is 8.32. The number of pyridine rings is 2. The number of hydrazine groups is 1. The fraction of sp³-hybridized carbons (Fsp3) is 0.519. The van der Waals surface area contributed by atoms with Crippen molar-refractivity contribution in [2.45, 2.75) is 123 Å². The van der Waals surface area contributed by atoms with E-state index in [0.717, 1.165) is 75.9 Å². The molecule has 6 heterocycles. The van der Waals surface area contributed by atoms with Gasteiger partial charge in [-0.05, 0) is 111 Å². The van der Waals surface area contributed by atoms with Crippen molar-refractivity contribution in [3.63, 3.8) is 0 Å².